The van der Waals surface area contributed by atoms with E-state index in [1.54, 1.807) is 6.20 Å². The number of ether oxygens (including phenoxy) is 2. The summed E-state index contributed by atoms with van der Waals surface area (Å²) in [4.78, 5) is 11.4. The third-order valence-electron chi connectivity index (χ3n) is 3.78. The number of rotatable bonds is 3. The van der Waals surface area contributed by atoms with Crippen LogP contribution in [0.1, 0.15) is 11.3 Å². The summed E-state index contributed by atoms with van der Waals surface area (Å²) in [6.45, 7) is 1.04. The van der Waals surface area contributed by atoms with Crippen LogP contribution in [-0.4, -0.2) is 32.2 Å². The number of halogens is 2. The summed E-state index contributed by atoms with van der Waals surface area (Å²) in [5.41, 5.74) is 2.56. The van der Waals surface area contributed by atoms with Gasteiger partial charge in [-0.1, -0.05) is 6.07 Å². The number of pyridine rings is 1. The summed E-state index contributed by atoms with van der Waals surface area (Å²) in [6.07, 6.45) is -1.74. The predicted molar refractivity (Wildman–Crippen MR) is 86.3 cm³/mol. The smallest absolute Gasteiger partial charge is 0.433 e. The number of aryl methyl sites for hydroxylation is 1. The Balaban J connectivity index is 1.64. The molecule has 0 saturated heterocycles. The summed E-state index contributed by atoms with van der Waals surface area (Å²) in [7, 11) is 0. The molecule has 0 spiro atoms. The molecule has 3 aromatic rings. The first-order valence-electron chi connectivity index (χ1n) is 7.43. The standard InChI is InChI=1S/C16H13F2N3O3S/c1-9-3-2-4-19-12(9)7-25(22)15-20-10-5-13-14(6-11(10)21-15)24-16(17,18)8-23-13/h2-6H,7-8H2,1H3,(H,20,21). The Bertz CT molecular complexity index is 948. The maximum atomic E-state index is 13.3. The van der Waals surface area contributed by atoms with Gasteiger partial charge in [-0.2, -0.15) is 13.8 Å². The first-order chi connectivity index (χ1) is 11.9. The number of benzene rings is 1. The molecule has 25 heavy (non-hydrogen) atoms. The van der Waals surface area contributed by atoms with Crippen molar-refractivity contribution in [3.63, 3.8) is 0 Å². The molecule has 3 heterocycles. The molecule has 0 amide bonds. The molecule has 4 rings (SSSR count). The highest BCUT2D eigenvalue weighted by molar-refractivity contribution is 7.90. The van der Waals surface area contributed by atoms with E-state index in [-0.39, 0.29) is 22.4 Å². The van der Waals surface area contributed by atoms with Crippen molar-refractivity contribution in [2.24, 2.45) is 0 Å². The number of aromatic amines is 1. The molecule has 0 radical (unpaired) electrons. The topological polar surface area (TPSA) is 83.1 Å². The number of hydrogen-bond acceptors (Lipinski definition) is 5. The van der Waals surface area contributed by atoms with Crippen LogP contribution in [0, 0.1) is 6.92 Å². The van der Waals surface area contributed by atoms with Crippen molar-refractivity contribution in [1.82, 2.24) is 15.0 Å². The fraction of sp³-hybridized carbons (Fsp3) is 0.250. The van der Waals surface area contributed by atoms with Gasteiger partial charge in [0.25, 0.3) is 0 Å². The van der Waals surface area contributed by atoms with Gasteiger partial charge in [-0.25, -0.2) is 0 Å². The zero-order valence-electron chi connectivity index (χ0n) is 13.1. The summed E-state index contributed by atoms with van der Waals surface area (Å²) >= 11 is -1.45. The van der Waals surface area contributed by atoms with Crippen molar-refractivity contribution in [3.05, 3.63) is 41.7 Å². The van der Waals surface area contributed by atoms with E-state index in [4.69, 9.17) is 4.74 Å². The fourth-order valence-corrected chi connectivity index (χ4v) is 3.62. The van der Waals surface area contributed by atoms with Gasteiger partial charge in [0.05, 0.1) is 16.7 Å². The number of alkyl halides is 2. The Morgan fingerprint density at radius 3 is 3.00 bits per heavy atom. The minimum Gasteiger partial charge on any atom is -0.609 e. The van der Waals surface area contributed by atoms with E-state index in [1.165, 1.54) is 12.1 Å². The van der Waals surface area contributed by atoms with Gasteiger partial charge in [-0.15, -0.1) is 0 Å². The Morgan fingerprint density at radius 2 is 2.20 bits per heavy atom. The highest BCUT2D eigenvalue weighted by Gasteiger charge is 2.38. The molecule has 1 aliphatic heterocycles. The lowest BCUT2D eigenvalue weighted by atomic mass is 10.2. The Hall–Kier alpha value is -2.39. The molecule has 130 valence electrons. The van der Waals surface area contributed by atoms with Gasteiger partial charge >= 0.3 is 11.3 Å². The Labute approximate surface area is 144 Å². The van der Waals surface area contributed by atoms with E-state index in [1.807, 2.05) is 19.1 Å². The van der Waals surface area contributed by atoms with Gasteiger partial charge in [-0.3, -0.25) is 9.97 Å². The van der Waals surface area contributed by atoms with Gasteiger partial charge in [0, 0.05) is 29.5 Å². The van der Waals surface area contributed by atoms with E-state index < -0.39 is 23.9 Å². The van der Waals surface area contributed by atoms with Crippen LogP contribution in [0.3, 0.4) is 0 Å². The predicted octanol–water partition coefficient (Wildman–Crippen LogP) is 2.94. The summed E-state index contributed by atoms with van der Waals surface area (Å²) in [6, 6.07) is 6.56. The van der Waals surface area contributed by atoms with Crippen LogP contribution in [-0.2, 0) is 16.9 Å². The second kappa shape index (κ2) is 5.85. The second-order valence-electron chi connectivity index (χ2n) is 5.64. The molecular formula is C16H13F2N3O3S. The number of imidazole rings is 1. The van der Waals surface area contributed by atoms with E-state index in [2.05, 4.69) is 19.7 Å². The Morgan fingerprint density at radius 1 is 1.36 bits per heavy atom. The van der Waals surface area contributed by atoms with Crippen LogP contribution in [0.4, 0.5) is 8.78 Å². The molecule has 2 aromatic heterocycles. The third kappa shape index (κ3) is 3.12. The van der Waals surface area contributed by atoms with Crippen LogP contribution in [0.2, 0.25) is 0 Å². The minimum absolute atomic E-state index is 0.0897. The third-order valence-corrected chi connectivity index (χ3v) is 4.94. The SMILES string of the molecule is Cc1cccnc1C[S+]([O-])c1nc2cc3c(cc2[nH]1)OCC(F)(F)O3. The summed E-state index contributed by atoms with van der Waals surface area (Å²) < 4.78 is 48.7. The molecule has 1 aromatic carbocycles. The molecule has 1 N–H and O–H groups in total. The van der Waals surface area contributed by atoms with Crippen molar-refractivity contribution >= 4 is 22.2 Å². The van der Waals surface area contributed by atoms with Gasteiger partial charge in [0.15, 0.2) is 23.9 Å². The highest BCUT2D eigenvalue weighted by atomic mass is 32.2. The lowest BCUT2D eigenvalue weighted by Gasteiger charge is -2.25. The molecule has 6 nitrogen and oxygen atoms in total. The highest BCUT2D eigenvalue weighted by Crippen LogP contribution is 2.39. The molecule has 1 unspecified atom stereocenters. The van der Waals surface area contributed by atoms with E-state index >= 15 is 0 Å². The van der Waals surface area contributed by atoms with E-state index in [0.29, 0.717) is 16.7 Å². The number of nitrogens with zero attached hydrogens (tertiary/aromatic N) is 2. The quantitative estimate of drug-likeness (QED) is 0.722. The van der Waals surface area contributed by atoms with Gasteiger partial charge < -0.3 is 14.0 Å². The summed E-state index contributed by atoms with van der Waals surface area (Å²) in [5, 5.41) is 0.245. The number of fused-ring (bicyclic) bond motifs is 2. The monoisotopic (exact) mass is 365 g/mol. The van der Waals surface area contributed by atoms with Crippen LogP contribution >= 0.6 is 0 Å². The number of hydrogen-bond donors (Lipinski definition) is 1. The summed E-state index contributed by atoms with van der Waals surface area (Å²) in [5.74, 6) is 0.310. The van der Waals surface area contributed by atoms with E-state index in [0.717, 1.165) is 5.56 Å². The fourth-order valence-electron chi connectivity index (χ4n) is 2.51. The van der Waals surface area contributed by atoms with Crippen molar-refractivity contribution in [1.29, 1.82) is 0 Å². The van der Waals surface area contributed by atoms with Crippen molar-refractivity contribution in [2.75, 3.05) is 6.61 Å². The van der Waals surface area contributed by atoms with Crippen molar-refractivity contribution in [2.45, 2.75) is 23.9 Å². The van der Waals surface area contributed by atoms with E-state index in [9.17, 15) is 13.3 Å². The molecule has 0 saturated carbocycles. The van der Waals surface area contributed by atoms with Gasteiger partial charge in [0.2, 0.25) is 0 Å². The average Bonchev–Trinajstić information content (AvgIpc) is 2.97. The normalized spacial score (nSPS) is 16.8. The first kappa shape index (κ1) is 16.1. The molecule has 0 bridgehead atoms. The van der Waals surface area contributed by atoms with Crippen LogP contribution in [0.15, 0.2) is 35.6 Å². The lowest BCUT2D eigenvalue weighted by molar-refractivity contribution is -0.208. The lowest BCUT2D eigenvalue weighted by Crippen LogP contribution is -2.35. The first-order valence-corrected chi connectivity index (χ1v) is 8.75. The average molecular weight is 365 g/mol. The minimum atomic E-state index is -3.38. The van der Waals surface area contributed by atoms with Gasteiger partial charge in [-0.05, 0) is 18.6 Å². The molecule has 1 atom stereocenters. The molecule has 1 aliphatic rings. The zero-order chi connectivity index (χ0) is 17.6. The maximum absolute atomic E-state index is 13.3. The van der Waals surface area contributed by atoms with Crippen LogP contribution in [0.25, 0.3) is 11.0 Å². The largest absolute Gasteiger partial charge is 0.609 e. The second-order valence-corrected chi connectivity index (χ2v) is 7.01. The van der Waals surface area contributed by atoms with Crippen LogP contribution in [0.5, 0.6) is 11.5 Å². The molecule has 0 aliphatic carbocycles. The number of H-pyrrole nitrogens is 1. The zero-order valence-corrected chi connectivity index (χ0v) is 13.9. The van der Waals surface area contributed by atoms with Crippen LogP contribution < -0.4 is 9.47 Å². The number of nitrogens with one attached hydrogen (secondary N) is 1. The maximum Gasteiger partial charge on any atom is 0.433 e. The molecule has 0 fully saturated rings. The van der Waals surface area contributed by atoms with Crippen molar-refractivity contribution < 1.29 is 22.8 Å². The van der Waals surface area contributed by atoms with Gasteiger partial charge in [0.1, 0.15) is 0 Å². The Kier molecular flexibility index (Phi) is 3.77. The number of aromatic nitrogens is 3. The molecular weight excluding hydrogens is 352 g/mol. The molecule has 9 heteroatoms. The van der Waals surface area contributed by atoms with Crippen molar-refractivity contribution in [3.8, 4) is 11.5 Å².